The van der Waals surface area contributed by atoms with Crippen LogP contribution in [0.5, 0.6) is 0 Å². The van der Waals surface area contributed by atoms with Crippen molar-refractivity contribution in [1.29, 1.82) is 0 Å². The van der Waals surface area contributed by atoms with E-state index in [4.69, 9.17) is 0 Å². The molecule has 6 nitrogen and oxygen atoms in total. The smallest absolute Gasteiger partial charge is 0.327 e. The van der Waals surface area contributed by atoms with E-state index >= 15 is 0 Å². The average Bonchev–Trinajstić information content (AvgIpc) is 2.93. The third kappa shape index (κ3) is 2.70. The predicted octanol–water partition coefficient (Wildman–Crippen LogP) is 0.276. The molecule has 2 aliphatic heterocycles. The number of hydrogen-bond acceptors (Lipinski definition) is 4. The van der Waals surface area contributed by atoms with Crippen LogP contribution < -0.4 is 5.32 Å². The molecule has 2 amide bonds. The highest BCUT2D eigenvalue weighted by atomic mass is 32.2. The van der Waals surface area contributed by atoms with Crippen LogP contribution in [0.15, 0.2) is 0 Å². The Bertz CT molecular complexity index is 413. The van der Waals surface area contributed by atoms with E-state index in [1.54, 1.807) is 0 Å². The highest BCUT2D eigenvalue weighted by Gasteiger charge is 2.45. The number of carbonyl (C=O) groups excluding carboxylic acids is 2. The van der Waals surface area contributed by atoms with Gasteiger partial charge in [-0.1, -0.05) is 13.8 Å². The van der Waals surface area contributed by atoms with Gasteiger partial charge in [0.1, 0.15) is 12.1 Å². The Morgan fingerprint density at radius 1 is 1.47 bits per heavy atom. The average molecular weight is 286 g/mol. The molecule has 7 heteroatoms. The summed E-state index contributed by atoms with van der Waals surface area (Å²) in [5.41, 5.74) is 0. The van der Waals surface area contributed by atoms with E-state index in [9.17, 15) is 19.5 Å². The summed E-state index contributed by atoms with van der Waals surface area (Å²) in [6.45, 7) is 3.94. The molecule has 19 heavy (non-hydrogen) atoms. The van der Waals surface area contributed by atoms with Crippen molar-refractivity contribution < 1.29 is 19.5 Å². The summed E-state index contributed by atoms with van der Waals surface area (Å²) in [6, 6.07) is -1.35. The number of thioether (sulfide) groups is 1. The van der Waals surface area contributed by atoms with Crippen molar-refractivity contribution in [1.82, 2.24) is 10.2 Å². The number of amides is 2. The lowest BCUT2D eigenvalue weighted by atomic mass is 10.1. The van der Waals surface area contributed by atoms with Gasteiger partial charge in [-0.05, 0) is 12.3 Å². The molecule has 0 bridgehead atoms. The first kappa shape index (κ1) is 14.2. The Morgan fingerprint density at radius 2 is 2.16 bits per heavy atom. The highest BCUT2D eigenvalue weighted by Crippen LogP contribution is 2.35. The number of carboxylic acids is 1. The van der Waals surface area contributed by atoms with Crippen LogP contribution in [0.25, 0.3) is 0 Å². The van der Waals surface area contributed by atoms with Crippen LogP contribution in [0.1, 0.15) is 26.7 Å². The van der Waals surface area contributed by atoms with Crippen molar-refractivity contribution >= 4 is 29.5 Å². The number of carboxylic acid groups (broad SMARTS) is 1. The molecule has 3 atom stereocenters. The minimum atomic E-state index is -0.978. The summed E-state index contributed by atoms with van der Waals surface area (Å²) in [4.78, 5) is 36.4. The molecule has 2 unspecified atom stereocenters. The fourth-order valence-corrected chi connectivity index (χ4v) is 3.97. The zero-order chi connectivity index (χ0) is 14.2. The quantitative estimate of drug-likeness (QED) is 0.778. The van der Waals surface area contributed by atoms with Crippen molar-refractivity contribution in [3.63, 3.8) is 0 Å². The molecule has 0 aromatic carbocycles. The third-order valence-electron chi connectivity index (χ3n) is 3.44. The Kier molecular flexibility index (Phi) is 4.03. The predicted molar refractivity (Wildman–Crippen MR) is 70.5 cm³/mol. The summed E-state index contributed by atoms with van der Waals surface area (Å²) >= 11 is 1.49. The van der Waals surface area contributed by atoms with Crippen LogP contribution in [-0.4, -0.2) is 51.0 Å². The summed E-state index contributed by atoms with van der Waals surface area (Å²) in [5.74, 6) is -0.797. The van der Waals surface area contributed by atoms with Gasteiger partial charge in [0.05, 0.1) is 5.37 Å². The van der Waals surface area contributed by atoms with Crippen molar-refractivity contribution in [2.24, 2.45) is 5.92 Å². The zero-order valence-electron chi connectivity index (χ0n) is 11.0. The number of nitrogens with one attached hydrogen (secondary N) is 1. The first-order valence-corrected chi connectivity index (χ1v) is 7.42. The van der Waals surface area contributed by atoms with E-state index in [0.29, 0.717) is 18.6 Å². The highest BCUT2D eigenvalue weighted by molar-refractivity contribution is 8.00. The summed E-state index contributed by atoms with van der Waals surface area (Å²) in [6.07, 6.45) is 0.789. The van der Waals surface area contributed by atoms with E-state index < -0.39 is 18.1 Å². The largest absolute Gasteiger partial charge is 0.480 e. The molecule has 2 N–H and O–H groups in total. The first-order valence-electron chi connectivity index (χ1n) is 6.37. The topological polar surface area (TPSA) is 86.7 Å². The fourth-order valence-electron chi connectivity index (χ4n) is 2.49. The molecule has 0 aromatic heterocycles. The van der Waals surface area contributed by atoms with Crippen molar-refractivity contribution in [3.8, 4) is 0 Å². The van der Waals surface area contributed by atoms with Gasteiger partial charge in [-0.3, -0.25) is 9.59 Å². The number of carbonyl (C=O) groups is 3. The van der Waals surface area contributed by atoms with Crippen LogP contribution in [0.2, 0.25) is 0 Å². The number of rotatable bonds is 3. The second kappa shape index (κ2) is 5.40. The fraction of sp³-hybridized carbons (Fsp3) is 0.750. The summed E-state index contributed by atoms with van der Waals surface area (Å²) in [7, 11) is 0. The van der Waals surface area contributed by atoms with Crippen molar-refractivity contribution in [2.75, 3.05) is 5.75 Å². The van der Waals surface area contributed by atoms with Crippen molar-refractivity contribution in [2.45, 2.75) is 44.1 Å². The molecule has 2 fully saturated rings. The number of nitrogens with zero attached hydrogens (tertiary/aromatic N) is 1. The summed E-state index contributed by atoms with van der Waals surface area (Å²) < 4.78 is 0. The summed E-state index contributed by atoms with van der Waals surface area (Å²) in [5, 5.41) is 11.7. The maximum atomic E-state index is 12.5. The van der Waals surface area contributed by atoms with Crippen LogP contribution >= 0.6 is 11.8 Å². The lowest BCUT2D eigenvalue weighted by Gasteiger charge is -2.31. The standard InChI is InChI=1S/C12H18N2O4S/c1-6(2)11-14(8(5-19-11)12(17)18)10(16)7-3-4-9(15)13-7/h6-8,11H,3-5H2,1-2H3,(H,13,15)(H,17,18)/t7-,8?,11?/m1/s1. The third-order valence-corrected chi connectivity index (χ3v) is 5.06. The molecule has 2 aliphatic rings. The Hall–Kier alpha value is -1.24. The SMILES string of the molecule is CC(C)C1SCC(C(=O)O)N1C(=O)[C@H]1CCC(=O)N1. The van der Waals surface area contributed by atoms with Gasteiger partial charge < -0.3 is 15.3 Å². The van der Waals surface area contributed by atoms with Gasteiger partial charge in [0, 0.05) is 12.2 Å². The van der Waals surface area contributed by atoms with Crippen LogP contribution in [0.3, 0.4) is 0 Å². The molecule has 2 saturated heterocycles. The van der Waals surface area contributed by atoms with Crippen LogP contribution in [0.4, 0.5) is 0 Å². The Balaban J connectivity index is 2.18. The van der Waals surface area contributed by atoms with Gasteiger partial charge in [-0.15, -0.1) is 11.8 Å². The molecule has 106 valence electrons. The molecule has 0 saturated carbocycles. The van der Waals surface area contributed by atoms with E-state index in [0.717, 1.165) is 0 Å². The second-order valence-electron chi connectivity index (χ2n) is 5.23. The molecule has 2 rings (SSSR count). The molecule has 0 spiro atoms. The number of aliphatic carboxylic acids is 1. The maximum Gasteiger partial charge on any atom is 0.327 e. The van der Waals surface area contributed by atoms with Gasteiger partial charge in [-0.25, -0.2) is 4.79 Å². The lowest BCUT2D eigenvalue weighted by Crippen LogP contribution is -2.53. The van der Waals surface area contributed by atoms with Gasteiger partial charge >= 0.3 is 5.97 Å². The van der Waals surface area contributed by atoms with E-state index in [1.807, 2.05) is 13.8 Å². The minimum absolute atomic E-state index is 0.133. The maximum absolute atomic E-state index is 12.5. The van der Waals surface area contributed by atoms with Crippen molar-refractivity contribution in [3.05, 3.63) is 0 Å². The molecule has 0 aliphatic carbocycles. The lowest BCUT2D eigenvalue weighted by molar-refractivity contribution is -0.150. The second-order valence-corrected chi connectivity index (χ2v) is 6.38. The monoisotopic (exact) mass is 286 g/mol. The van der Waals surface area contributed by atoms with Crippen LogP contribution in [0, 0.1) is 5.92 Å². The molecular formula is C12H18N2O4S. The van der Waals surface area contributed by atoms with Gasteiger partial charge in [0.2, 0.25) is 11.8 Å². The zero-order valence-corrected chi connectivity index (χ0v) is 11.8. The Morgan fingerprint density at radius 3 is 2.63 bits per heavy atom. The van der Waals surface area contributed by atoms with Gasteiger partial charge in [0.15, 0.2) is 0 Å². The molecule has 0 aromatic rings. The molecule has 2 heterocycles. The molecule has 0 radical (unpaired) electrons. The van der Waals surface area contributed by atoms with E-state index in [-0.39, 0.29) is 23.1 Å². The van der Waals surface area contributed by atoms with Gasteiger partial charge in [-0.2, -0.15) is 0 Å². The number of hydrogen-bond donors (Lipinski definition) is 2. The normalized spacial score (nSPS) is 30.8. The van der Waals surface area contributed by atoms with Gasteiger partial charge in [0.25, 0.3) is 0 Å². The Labute approximate surface area is 115 Å². The van der Waals surface area contributed by atoms with Crippen LogP contribution in [-0.2, 0) is 14.4 Å². The van der Waals surface area contributed by atoms with E-state index in [1.165, 1.54) is 16.7 Å². The van der Waals surface area contributed by atoms with E-state index in [2.05, 4.69) is 5.32 Å². The molecular weight excluding hydrogens is 268 g/mol. The minimum Gasteiger partial charge on any atom is -0.480 e. The first-order chi connectivity index (χ1) is 8.91.